The Hall–Kier alpha value is -1.34. The number of benzene rings is 1. The predicted octanol–water partition coefficient (Wildman–Crippen LogP) is 3.66. The standard InChI is InChI=1S/C14H13ClIN3O/c1-19(2)13-5-6-17-8-12(13)18-14(20)9-3-4-11(16)10(15)7-9/h3-8H,1-2H3,(H,18,20). The second-order valence-corrected chi connectivity index (χ2v) is 5.94. The lowest BCUT2D eigenvalue weighted by molar-refractivity contribution is 0.102. The van der Waals surface area contributed by atoms with Gasteiger partial charge >= 0.3 is 0 Å². The number of hydrogen-bond donors (Lipinski definition) is 1. The summed E-state index contributed by atoms with van der Waals surface area (Å²) in [7, 11) is 3.82. The number of carbonyl (C=O) groups excluding carboxylic acids is 1. The van der Waals surface area contributed by atoms with Crippen LogP contribution in [0.1, 0.15) is 10.4 Å². The zero-order valence-corrected chi connectivity index (χ0v) is 13.9. The fourth-order valence-corrected chi connectivity index (χ4v) is 2.22. The number of hydrogen-bond acceptors (Lipinski definition) is 3. The number of amides is 1. The zero-order valence-electron chi connectivity index (χ0n) is 11.0. The van der Waals surface area contributed by atoms with Crippen LogP contribution >= 0.6 is 34.2 Å². The van der Waals surface area contributed by atoms with Crippen LogP contribution in [0.4, 0.5) is 11.4 Å². The molecule has 0 fully saturated rings. The van der Waals surface area contributed by atoms with Gasteiger partial charge < -0.3 is 10.2 Å². The molecule has 1 amide bonds. The Morgan fingerprint density at radius 1 is 1.35 bits per heavy atom. The van der Waals surface area contributed by atoms with Crippen LogP contribution in [-0.4, -0.2) is 25.0 Å². The Morgan fingerprint density at radius 3 is 2.75 bits per heavy atom. The van der Waals surface area contributed by atoms with Crippen LogP contribution in [0, 0.1) is 3.57 Å². The van der Waals surface area contributed by atoms with Gasteiger partial charge in [-0.3, -0.25) is 9.78 Å². The second kappa shape index (κ2) is 6.41. The van der Waals surface area contributed by atoms with Gasteiger partial charge in [-0.15, -0.1) is 0 Å². The maximum Gasteiger partial charge on any atom is 0.255 e. The topological polar surface area (TPSA) is 45.2 Å². The quantitative estimate of drug-likeness (QED) is 0.799. The summed E-state index contributed by atoms with van der Waals surface area (Å²) in [6, 6.07) is 7.06. The molecule has 2 rings (SSSR count). The molecular weight excluding hydrogens is 389 g/mol. The molecule has 2 aromatic rings. The summed E-state index contributed by atoms with van der Waals surface area (Å²) in [5.41, 5.74) is 2.08. The van der Waals surface area contributed by atoms with Gasteiger partial charge in [-0.1, -0.05) is 11.6 Å². The Balaban J connectivity index is 2.26. The molecule has 1 aromatic heterocycles. The van der Waals surface area contributed by atoms with E-state index in [4.69, 9.17) is 11.6 Å². The largest absolute Gasteiger partial charge is 0.376 e. The summed E-state index contributed by atoms with van der Waals surface area (Å²) in [4.78, 5) is 18.2. The highest BCUT2D eigenvalue weighted by molar-refractivity contribution is 14.1. The third-order valence-electron chi connectivity index (χ3n) is 2.71. The minimum atomic E-state index is -0.209. The molecule has 0 spiro atoms. The number of anilines is 2. The molecule has 0 bridgehead atoms. The van der Waals surface area contributed by atoms with Crippen molar-refractivity contribution in [1.82, 2.24) is 4.98 Å². The van der Waals surface area contributed by atoms with E-state index < -0.39 is 0 Å². The van der Waals surface area contributed by atoms with Gasteiger partial charge in [-0.2, -0.15) is 0 Å². The smallest absolute Gasteiger partial charge is 0.255 e. The van der Waals surface area contributed by atoms with E-state index in [0.29, 0.717) is 16.3 Å². The van der Waals surface area contributed by atoms with Gasteiger partial charge in [0.15, 0.2) is 0 Å². The number of nitrogens with zero attached hydrogens (tertiary/aromatic N) is 2. The molecule has 0 aliphatic heterocycles. The van der Waals surface area contributed by atoms with Crippen molar-refractivity contribution in [2.24, 2.45) is 0 Å². The molecule has 0 aliphatic rings. The summed E-state index contributed by atoms with van der Waals surface area (Å²) < 4.78 is 0.913. The molecule has 0 saturated carbocycles. The van der Waals surface area contributed by atoms with E-state index in [1.54, 1.807) is 24.5 Å². The SMILES string of the molecule is CN(C)c1ccncc1NC(=O)c1ccc(I)c(Cl)c1. The molecule has 104 valence electrons. The molecule has 4 nitrogen and oxygen atoms in total. The van der Waals surface area contributed by atoms with E-state index >= 15 is 0 Å². The van der Waals surface area contributed by atoms with E-state index in [-0.39, 0.29) is 5.91 Å². The average molecular weight is 402 g/mol. The van der Waals surface area contributed by atoms with Gasteiger partial charge in [-0.25, -0.2) is 0 Å². The lowest BCUT2D eigenvalue weighted by atomic mass is 10.2. The van der Waals surface area contributed by atoms with Crippen molar-refractivity contribution in [3.05, 3.63) is 50.8 Å². The summed E-state index contributed by atoms with van der Waals surface area (Å²) in [6.45, 7) is 0. The van der Waals surface area contributed by atoms with Gasteiger partial charge in [0, 0.05) is 29.4 Å². The fourth-order valence-electron chi connectivity index (χ4n) is 1.71. The fraction of sp³-hybridized carbons (Fsp3) is 0.143. The van der Waals surface area contributed by atoms with Crippen molar-refractivity contribution < 1.29 is 4.79 Å². The normalized spacial score (nSPS) is 10.2. The predicted molar refractivity (Wildman–Crippen MR) is 90.7 cm³/mol. The van der Waals surface area contributed by atoms with Crippen LogP contribution < -0.4 is 10.2 Å². The molecule has 20 heavy (non-hydrogen) atoms. The molecule has 0 atom stereocenters. The van der Waals surface area contributed by atoms with Crippen LogP contribution in [-0.2, 0) is 0 Å². The molecule has 0 saturated heterocycles. The number of pyridine rings is 1. The lowest BCUT2D eigenvalue weighted by Gasteiger charge is -2.17. The van der Waals surface area contributed by atoms with Crippen LogP contribution in [0.5, 0.6) is 0 Å². The number of rotatable bonds is 3. The zero-order chi connectivity index (χ0) is 14.7. The van der Waals surface area contributed by atoms with Crippen molar-refractivity contribution in [3.63, 3.8) is 0 Å². The van der Waals surface area contributed by atoms with E-state index in [1.807, 2.05) is 31.1 Å². The first-order valence-corrected chi connectivity index (χ1v) is 7.32. The van der Waals surface area contributed by atoms with Crippen LogP contribution in [0.2, 0.25) is 5.02 Å². The van der Waals surface area contributed by atoms with Gasteiger partial charge in [0.25, 0.3) is 5.91 Å². The van der Waals surface area contributed by atoms with Gasteiger partial charge in [0.1, 0.15) is 0 Å². The third kappa shape index (κ3) is 3.40. The Kier molecular flexibility index (Phi) is 4.82. The lowest BCUT2D eigenvalue weighted by Crippen LogP contribution is -2.17. The van der Waals surface area contributed by atoms with Gasteiger partial charge in [-0.05, 0) is 46.9 Å². The van der Waals surface area contributed by atoms with Gasteiger partial charge in [0.2, 0.25) is 0 Å². The molecular formula is C14H13ClIN3O. The number of aromatic nitrogens is 1. The third-order valence-corrected chi connectivity index (χ3v) is 4.28. The van der Waals surface area contributed by atoms with Crippen LogP contribution in [0.3, 0.4) is 0 Å². The highest BCUT2D eigenvalue weighted by atomic mass is 127. The number of carbonyl (C=O) groups is 1. The molecule has 1 heterocycles. The summed E-state index contributed by atoms with van der Waals surface area (Å²) in [6.07, 6.45) is 3.31. The molecule has 1 aromatic carbocycles. The van der Waals surface area contributed by atoms with Gasteiger partial charge in [0.05, 0.1) is 22.6 Å². The average Bonchev–Trinajstić information content (AvgIpc) is 2.42. The monoisotopic (exact) mass is 401 g/mol. The summed E-state index contributed by atoms with van der Waals surface area (Å²) in [5.74, 6) is -0.209. The summed E-state index contributed by atoms with van der Waals surface area (Å²) in [5, 5.41) is 3.42. The first-order valence-electron chi connectivity index (χ1n) is 5.87. The minimum absolute atomic E-state index is 0.209. The molecule has 0 radical (unpaired) electrons. The van der Waals surface area contributed by atoms with Crippen molar-refractivity contribution >= 4 is 51.5 Å². The minimum Gasteiger partial charge on any atom is -0.376 e. The van der Waals surface area contributed by atoms with Crippen LogP contribution in [0.25, 0.3) is 0 Å². The Bertz CT molecular complexity index is 646. The Morgan fingerprint density at radius 2 is 2.10 bits per heavy atom. The molecule has 1 N–H and O–H groups in total. The molecule has 0 unspecified atom stereocenters. The maximum absolute atomic E-state index is 12.2. The maximum atomic E-state index is 12.2. The van der Waals surface area contributed by atoms with Crippen LogP contribution in [0.15, 0.2) is 36.7 Å². The number of halogens is 2. The first-order chi connectivity index (χ1) is 9.49. The molecule has 6 heteroatoms. The molecule has 0 aliphatic carbocycles. The van der Waals surface area contributed by atoms with Crippen molar-refractivity contribution in [3.8, 4) is 0 Å². The highest BCUT2D eigenvalue weighted by Gasteiger charge is 2.11. The number of nitrogens with one attached hydrogen (secondary N) is 1. The van der Waals surface area contributed by atoms with Crippen molar-refractivity contribution in [2.45, 2.75) is 0 Å². The Labute approximate surface area is 136 Å². The van der Waals surface area contributed by atoms with E-state index in [9.17, 15) is 4.79 Å². The first kappa shape index (κ1) is 15.1. The van der Waals surface area contributed by atoms with E-state index in [0.717, 1.165) is 9.26 Å². The van der Waals surface area contributed by atoms with Crippen molar-refractivity contribution in [1.29, 1.82) is 0 Å². The van der Waals surface area contributed by atoms with Crippen molar-refractivity contribution in [2.75, 3.05) is 24.3 Å². The summed E-state index contributed by atoms with van der Waals surface area (Å²) >= 11 is 8.16. The van der Waals surface area contributed by atoms with E-state index in [1.165, 1.54) is 0 Å². The second-order valence-electron chi connectivity index (χ2n) is 4.37. The highest BCUT2D eigenvalue weighted by Crippen LogP contribution is 2.24. The van der Waals surface area contributed by atoms with E-state index in [2.05, 4.69) is 32.9 Å².